The number of amides is 1. The summed E-state index contributed by atoms with van der Waals surface area (Å²) in [6.07, 6.45) is 8.47. The quantitative estimate of drug-likeness (QED) is 0.241. The number of hydrogen-bond donors (Lipinski definition) is 0. The number of benzene rings is 2. The van der Waals surface area contributed by atoms with Gasteiger partial charge in [0.2, 0.25) is 10.0 Å². The standard InChI is InChI=1S/C30H34N4O3S2/c1-21(2)26-12-7-13-27-28(26)32-30(38-27)34(20-22-9-8-18-31-19-22)29(35)23-14-16-25(17-15-23)39(36,37)33(3)24-10-5-4-6-11-24/h7-9,12-19,21,24H,4-6,10-11,20H2,1-3H3. The van der Waals surface area contributed by atoms with Gasteiger partial charge in [0.1, 0.15) is 0 Å². The number of carbonyl (C=O) groups excluding carboxylic acids is 1. The summed E-state index contributed by atoms with van der Waals surface area (Å²) in [6, 6.07) is 16.2. The zero-order chi connectivity index (χ0) is 27.6. The minimum absolute atomic E-state index is 0.0230. The van der Waals surface area contributed by atoms with Crippen LogP contribution < -0.4 is 4.90 Å². The minimum atomic E-state index is -3.64. The smallest absolute Gasteiger partial charge is 0.260 e. The summed E-state index contributed by atoms with van der Waals surface area (Å²) < 4.78 is 29.1. The molecule has 0 atom stereocenters. The van der Waals surface area contributed by atoms with Gasteiger partial charge in [0.05, 0.1) is 21.7 Å². The van der Waals surface area contributed by atoms with Crippen LogP contribution in [0.25, 0.3) is 10.2 Å². The molecule has 7 nitrogen and oxygen atoms in total. The predicted molar refractivity (Wildman–Crippen MR) is 157 cm³/mol. The van der Waals surface area contributed by atoms with Crippen molar-refractivity contribution in [2.75, 3.05) is 11.9 Å². The molecule has 39 heavy (non-hydrogen) atoms. The molecular weight excluding hydrogens is 528 g/mol. The molecule has 1 aliphatic rings. The van der Waals surface area contributed by atoms with Crippen molar-refractivity contribution >= 4 is 42.6 Å². The van der Waals surface area contributed by atoms with Gasteiger partial charge in [-0.3, -0.25) is 14.7 Å². The van der Waals surface area contributed by atoms with Crippen LogP contribution in [0.4, 0.5) is 5.13 Å². The lowest BCUT2D eigenvalue weighted by Gasteiger charge is -2.30. The Morgan fingerprint density at radius 2 is 1.77 bits per heavy atom. The van der Waals surface area contributed by atoms with E-state index in [2.05, 4.69) is 24.9 Å². The minimum Gasteiger partial charge on any atom is -0.279 e. The topological polar surface area (TPSA) is 83.5 Å². The van der Waals surface area contributed by atoms with Gasteiger partial charge in [-0.05, 0) is 66.3 Å². The fourth-order valence-electron chi connectivity index (χ4n) is 5.17. The molecule has 1 fully saturated rings. The average molecular weight is 563 g/mol. The van der Waals surface area contributed by atoms with E-state index in [9.17, 15) is 13.2 Å². The number of pyridine rings is 1. The van der Waals surface area contributed by atoms with Gasteiger partial charge in [0.25, 0.3) is 5.91 Å². The molecule has 0 unspecified atom stereocenters. The van der Waals surface area contributed by atoms with Crippen molar-refractivity contribution in [3.63, 3.8) is 0 Å². The summed E-state index contributed by atoms with van der Waals surface area (Å²) in [5, 5.41) is 0.598. The molecule has 2 heterocycles. The molecule has 0 bridgehead atoms. The Morgan fingerprint density at radius 1 is 1.03 bits per heavy atom. The molecule has 204 valence electrons. The van der Waals surface area contributed by atoms with Crippen LogP contribution >= 0.6 is 11.3 Å². The van der Waals surface area contributed by atoms with Crippen LogP contribution in [0.3, 0.4) is 0 Å². The second-order valence-corrected chi connectivity index (χ2v) is 13.4. The Hall–Kier alpha value is -3.14. The molecule has 5 rings (SSSR count). The molecule has 4 aromatic rings. The normalized spacial score (nSPS) is 14.8. The van der Waals surface area contributed by atoms with E-state index >= 15 is 0 Å². The fraction of sp³-hybridized carbons (Fsp3) is 0.367. The number of hydrogen-bond acceptors (Lipinski definition) is 6. The number of carbonyl (C=O) groups is 1. The summed E-state index contributed by atoms with van der Waals surface area (Å²) in [6.45, 7) is 4.56. The number of thiazole rings is 1. The maximum atomic E-state index is 13.9. The number of rotatable bonds is 8. The van der Waals surface area contributed by atoms with Gasteiger partial charge in [-0.15, -0.1) is 0 Å². The number of para-hydroxylation sites is 1. The number of fused-ring (bicyclic) bond motifs is 1. The van der Waals surface area contributed by atoms with Crippen molar-refractivity contribution < 1.29 is 13.2 Å². The molecule has 0 saturated heterocycles. The third-order valence-corrected chi connectivity index (χ3v) is 10.4. The molecule has 0 radical (unpaired) electrons. The van der Waals surface area contributed by atoms with Gasteiger partial charge in [-0.2, -0.15) is 4.31 Å². The first kappa shape index (κ1) is 27.4. The van der Waals surface area contributed by atoms with Crippen molar-refractivity contribution in [3.8, 4) is 0 Å². The number of aromatic nitrogens is 2. The molecule has 0 aliphatic heterocycles. The SMILES string of the molecule is CC(C)c1cccc2sc(N(Cc3cccnc3)C(=O)c3ccc(S(=O)(=O)N(C)C4CCCCC4)cc3)nc12. The second-order valence-electron chi connectivity index (χ2n) is 10.4. The molecule has 1 amide bonds. The third-order valence-electron chi connectivity index (χ3n) is 7.47. The Morgan fingerprint density at radius 3 is 2.44 bits per heavy atom. The van der Waals surface area contributed by atoms with Crippen LogP contribution in [0.1, 0.15) is 73.4 Å². The summed E-state index contributed by atoms with van der Waals surface area (Å²) in [5.74, 6) is 0.0564. The van der Waals surface area contributed by atoms with E-state index in [1.165, 1.54) is 15.6 Å². The van der Waals surface area contributed by atoms with E-state index in [1.54, 1.807) is 48.6 Å². The van der Waals surface area contributed by atoms with Crippen molar-refractivity contribution in [1.29, 1.82) is 0 Å². The summed E-state index contributed by atoms with van der Waals surface area (Å²) in [7, 11) is -1.98. The van der Waals surface area contributed by atoms with Crippen LogP contribution in [0.15, 0.2) is 71.9 Å². The van der Waals surface area contributed by atoms with Crippen molar-refractivity contribution in [1.82, 2.24) is 14.3 Å². The summed E-state index contributed by atoms with van der Waals surface area (Å²) in [4.78, 5) is 24.9. The Bertz CT molecular complexity index is 1540. The molecule has 2 aromatic heterocycles. The Kier molecular flexibility index (Phi) is 8.11. The van der Waals surface area contributed by atoms with Gasteiger partial charge < -0.3 is 0 Å². The van der Waals surface area contributed by atoms with Gasteiger partial charge in [-0.1, -0.05) is 62.6 Å². The largest absolute Gasteiger partial charge is 0.279 e. The van der Waals surface area contributed by atoms with Crippen molar-refractivity contribution in [2.45, 2.75) is 69.4 Å². The van der Waals surface area contributed by atoms with Crippen molar-refractivity contribution in [2.24, 2.45) is 0 Å². The first-order valence-electron chi connectivity index (χ1n) is 13.4. The number of nitrogens with zero attached hydrogens (tertiary/aromatic N) is 4. The highest BCUT2D eigenvalue weighted by Gasteiger charge is 2.30. The predicted octanol–water partition coefficient (Wildman–Crippen LogP) is 6.61. The Labute approximate surface area is 234 Å². The zero-order valence-corrected chi connectivity index (χ0v) is 24.2. The maximum Gasteiger partial charge on any atom is 0.260 e. The molecular formula is C30H34N4O3S2. The van der Waals surface area contributed by atoms with E-state index in [1.807, 2.05) is 24.3 Å². The van der Waals surface area contributed by atoms with Crippen LogP contribution in [0.2, 0.25) is 0 Å². The maximum absolute atomic E-state index is 13.9. The van der Waals surface area contributed by atoms with Crippen LogP contribution in [-0.2, 0) is 16.6 Å². The van der Waals surface area contributed by atoms with Crippen LogP contribution in [0, 0.1) is 0 Å². The van der Waals surface area contributed by atoms with Gasteiger partial charge in [-0.25, -0.2) is 13.4 Å². The first-order valence-corrected chi connectivity index (χ1v) is 15.7. The number of anilines is 1. The molecule has 0 spiro atoms. The first-order chi connectivity index (χ1) is 18.8. The van der Waals surface area contributed by atoms with E-state index in [0.717, 1.165) is 53.4 Å². The molecule has 1 saturated carbocycles. The van der Waals surface area contributed by atoms with Crippen LogP contribution in [-0.4, -0.2) is 41.7 Å². The molecule has 9 heteroatoms. The molecule has 1 aliphatic carbocycles. The van der Waals surface area contributed by atoms with Gasteiger partial charge in [0.15, 0.2) is 5.13 Å². The number of sulfonamides is 1. The van der Waals surface area contributed by atoms with E-state index in [0.29, 0.717) is 23.2 Å². The van der Waals surface area contributed by atoms with Crippen molar-refractivity contribution in [3.05, 3.63) is 83.7 Å². The fourth-order valence-corrected chi connectivity index (χ4v) is 7.59. The Balaban J connectivity index is 1.47. The van der Waals surface area contributed by atoms with Gasteiger partial charge >= 0.3 is 0 Å². The highest BCUT2D eigenvalue weighted by Crippen LogP contribution is 2.35. The highest BCUT2D eigenvalue weighted by molar-refractivity contribution is 7.89. The van der Waals surface area contributed by atoms with E-state index in [4.69, 9.17) is 4.98 Å². The highest BCUT2D eigenvalue weighted by atomic mass is 32.2. The van der Waals surface area contributed by atoms with E-state index < -0.39 is 10.0 Å². The lowest BCUT2D eigenvalue weighted by atomic mass is 9.96. The van der Waals surface area contributed by atoms with E-state index in [-0.39, 0.29) is 16.8 Å². The monoisotopic (exact) mass is 562 g/mol. The average Bonchev–Trinajstić information content (AvgIpc) is 3.40. The second kappa shape index (κ2) is 11.5. The third kappa shape index (κ3) is 5.76. The lowest BCUT2D eigenvalue weighted by molar-refractivity contribution is 0.0985. The zero-order valence-electron chi connectivity index (χ0n) is 22.6. The van der Waals surface area contributed by atoms with Crippen LogP contribution in [0.5, 0.6) is 0 Å². The summed E-state index contributed by atoms with van der Waals surface area (Å²) >= 11 is 1.48. The van der Waals surface area contributed by atoms with Gasteiger partial charge in [0, 0.05) is 31.0 Å². The summed E-state index contributed by atoms with van der Waals surface area (Å²) in [5.41, 5.74) is 3.33. The molecule has 2 aromatic carbocycles. The lowest BCUT2D eigenvalue weighted by Crippen LogP contribution is -2.38. The molecule has 0 N–H and O–H groups in total.